The monoisotopic (exact) mass is 285 g/mol. The van der Waals surface area contributed by atoms with E-state index in [2.05, 4.69) is 15.3 Å². The third kappa shape index (κ3) is 2.86. The maximum absolute atomic E-state index is 12.6. The van der Waals surface area contributed by atoms with E-state index in [0.29, 0.717) is 12.4 Å². The maximum atomic E-state index is 12.6. The number of anilines is 1. The minimum Gasteiger partial charge on any atom is -0.308 e. The summed E-state index contributed by atoms with van der Waals surface area (Å²) in [6.45, 7) is 3.87. The number of nitrogens with two attached hydrogens (primary N) is 1. The van der Waals surface area contributed by atoms with Crippen molar-refractivity contribution >= 4 is 15.8 Å². The average molecular weight is 285 g/mol. The number of hydrogen-bond donors (Lipinski definition) is 2. The van der Waals surface area contributed by atoms with Crippen LogP contribution in [0.4, 0.5) is 5.82 Å². The summed E-state index contributed by atoms with van der Waals surface area (Å²) in [5.41, 5.74) is 2.36. The van der Waals surface area contributed by atoms with Crippen molar-refractivity contribution in [2.75, 3.05) is 32.1 Å². The molecule has 0 spiro atoms. The number of nitrogens with zero attached hydrogens (tertiary/aromatic N) is 3. The van der Waals surface area contributed by atoms with E-state index in [1.165, 1.54) is 22.6 Å². The Morgan fingerprint density at radius 1 is 1.47 bits per heavy atom. The zero-order chi connectivity index (χ0) is 14.0. The van der Waals surface area contributed by atoms with Gasteiger partial charge in [-0.1, -0.05) is 0 Å². The van der Waals surface area contributed by atoms with Crippen LogP contribution in [0, 0.1) is 0 Å². The van der Waals surface area contributed by atoms with Crippen LogP contribution in [0.15, 0.2) is 23.2 Å². The molecule has 7 nitrogen and oxygen atoms in total. The number of sulfonamides is 1. The first kappa shape index (κ1) is 14.2. The van der Waals surface area contributed by atoms with Crippen LogP contribution in [0.1, 0.15) is 6.92 Å². The third-order valence-corrected chi connectivity index (χ3v) is 5.27. The molecule has 0 amide bonds. The molecule has 2 rings (SSSR count). The molecule has 8 heteroatoms. The number of piperazine rings is 1. The fraction of sp³-hybridized carbons (Fsp3) is 0.545. The van der Waals surface area contributed by atoms with Crippen molar-refractivity contribution in [3.8, 4) is 0 Å². The molecule has 1 fully saturated rings. The summed E-state index contributed by atoms with van der Waals surface area (Å²) in [5.74, 6) is 5.59. The topological polar surface area (TPSA) is 91.6 Å². The quantitative estimate of drug-likeness (QED) is 0.585. The molecule has 1 atom stereocenters. The van der Waals surface area contributed by atoms with E-state index in [-0.39, 0.29) is 10.9 Å². The van der Waals surface area contributed by atoms with Gasteiger partial charge in [0, 0.05) is 37.9 Å². The highest BCUT2D eigenvalue weighted by atomic mass is 32.2. The molecule has 0 radical (unpaired) electrons. The lowest BCUT2D eigenvalue weighted by Gasteiger charge is -2.37. The fourth-order valence-corrected chi connectivity index (χ4v) is 3.89. The van der Waals surface area contributed by atoms with Gasteiger partial charge in [-0.3, -0.25) is 0 Å². The predicted octanol–water partition coefficient (Wildman–Crippen LogP) is -0.308. The number of pyridine rings is 1. The molecule has 0 saturated carbocycles. The van der Waals surface area contributed by atoms with Gasteiger partial charge in [0.1, 0.15) is 5.82 Å². The molecular weight excluding hydrogens is 266 g/mol. The predicted molar refractivity (Wildman–Crippen MR) is 72.9 cm³/mol. The van der Waals surface area contributed by atoms with Gasteiger partial charge in [0.05, 0.1) is 4.90 Å². The van der Waals surface area contributed by atoms with Crippen molar-refractivity contribution in [2.45, 2.75) is 17.9 Å². The maximum Gasteiger partial charge on any atom is 0.243 e. The SMILES string of the molecule is CC1CN(C)CCN1S(=O)(=O)c1ccnc(NN)c1. The van der Waals surface area contributed by atoms with Gasteiger partial charge in [-0.25, -0.2) is 19.2 Å². The number of rotatable bonds is 3. The van der Waals surface area contributed by atoms with Gasteiger partial charge in [-0.05, 0) is 20.0 Å². The Hall–Kier alpha value is -1.22. The van der Waals surface area contributed by atoms with Crippen molar-refractivity contribution in [3.63, 3.8) is 0 Å². The van der Waals surface area contributed by atoms with Gasteiger partial charge >= 0.3 is 0 Å². The van der Waals surface area contributed by atoms with Crippen LogP contribution >= 0.6 is 0 Å². The van der Waals surface area contributed by atoms with Gasteiger partial charge < -0.3 is 10.3 Å². The molecular formula is C11H19N5O2S. The molecule has 0 aliphatic carbocycles. The number of hydrogen-bond acceptors (Lipinski definition) is 6. The van der Waals surface area contributed by atoms with Crippen LogP contribution in [0.2, 0.25) is 0 Å². The zero-order valence-corrected chi connectivity index (χ0v) is 11.9. The first-order valence-corrected chi connectivity index (χ1v) is 7.52. The number of aromatic nitrogens is 1. The highest BCUT2D eigenvalue weighted by Gasteiger charge is 2.32. The Balaban J connectivity index is 2.31. The zero-order valence-electron chi connectivity index (χ0n) is 11.1. The summed E-state index contributed by atoms with van der Waals surface area (Å²) in [6.07, 6.45) is 1.43. The highest BCUT2D eigenvalue weighted by Crippen LogP contribution is 2.21. The smallest absolute Gasteiger partial charge is 0.243 e. The number of hydrazine groups is 1. The van der Waals surface area contributed by atoms with Crippen LogP contribution in [0.5, 0.6) is 0 Å². The van der Waals surface area contributed by atoms with E-state index in [1.807, 2.05) is 14.0 Å². The second kappa shape index (κ2) is 5.41. The van der Waals surface area contributed by atoms with Crippen LogP contribution in [-0.4, -0.2) is 55.3 Å². The molecule has 1 aliphatic heterocycles. The molecule has 1 saturated heterocycles. The largest absolute Gasteiger partial charge is 0.308 e. The van der Waals surface area contributed by atoms with Gasteiger partial charge in [-0.2, -0.15) is 4.31 Å². The average Bonchev–Trinajstić information content (AvgIpc) is 2.38. The van der Waals surface area contributed by atoms with E-state index in [4.69, 9.17) is 5.84 Å². The van der Waals surface area contributed by atoms with Crippen LogP contribution in [0.25, 0.3) is 0 Å². The van der Waals surface area contributed by atoms with Crippen molar-refractivity contribution in [3.05, 3.63) is 18.3 Å². The van der Waals surface area contributed by atoms with E-state index < -0.39 is 10.0 Å². The van der Waals surface area contributed by atoms with Crippen molar-refractivity contribution < 1.29 is 8.42 Å². The van der Waals surface area contributed by atoms with Gasteiger partial charge in [0.25, 0.3) is 0 Å². The minimum absolute atomic E-state index is 0.0498. The Kier molecular flexibility index (Phi) is 4.04. The van der Waals surface area contributed by atoms with E-state index in [0.717, 1.165) is 13.1 Å². The molecule has 1 unspecified atom stereocenters. The number of likely N-dealkylation sites (N-methyl/N-ethyl adjacent to an activating group) is 1. The number of nitrogens with one attached hydrogen (secondary N) is 1. The summed E-state index contributed by atoms with van der Waals surface area (Å²) in [6, 6.07) is 2.88. The van der Waals surface area contributed by atoms with E-state index in [9.17, 15) is 8.42 Å². The molecule has 0 bridgehead atoms. The van der Waals surface area contributed by atoms with Crippen molar-refractivity contribution in [1.29, 1.82) is 0 Å². The van der Waals surface area contributed by atoms with Crippen LogP contribution in [-0.2, 0) is 10.0 Å². The van der Waals surface area contributed by atoms with Crippen LogP contribution in [0.3, 0.4) is 0 Å². The first-order chi connectivity index (χ1) is 8.95. The molecule has 19 heavy (non-hydrogen) atoms. The molecule has 106 valence electrons. The Bertz CT molecular complexity index is 548. The molecule has 1 aromatic rings. The summed E-state index contributed by atoms with van der Waals surface area (Å²) in [7, 11) is -1.51. The van der Waals surface area contributed by atoms with E-state index >= 15 is 0 Å². The van der Waals surface area contributed by atoms with E-state index in [1.54, 1.807) is 0 Å². The second-order valence-electron chi connectivity index (χ2n) is 4.75. The molecule has 3 N–H and O–H groups in total. The second-order valence-corrected chi connectivity index (χ2v) is 6.64. The molecule has 0 aromatic carbocycles. The lowest BCUT2D eigenvalue weighted by molar-refractivity contribution is 0.170. The summed E-state index contributed by atoms with van der Waals surface area (Å²) in [5, 5.41) is 0. The highest BCUT2D eigenvalue weighted by molar-refractivity contribution is 7.89. The Labute approximate surface area is 113 Å². The summed E-state index contributed by atoms with van der Waals surface area (Å²) < 4.78 is 26.7. The molecule has 1 aliphatic rings. The third-order valence-electron chi connectivity index (χ3n) is 3.26. The van der Waals surface area contributed by atoms with Crippen LogP contribution < -0.4 is 11.3 Å². The minimum atomic E-state index is -3.50. The van der Waals surface area contributed by atoms with Gasteiger partial charge in [-0.15, -0.1) is 0 Å². The Morgan fingerprint density at radius 2 is 2.21 bits per heavy atom. The lowest BCUT2D eigenvalue weighted by Crippen LogP contribution is -2.52. The fourth-order valence-electron chi connectivity index (χ4n) is 2.27. The molecule has 2 heterocycles. The summed E-state index contributed by atoms with van der Waals surface area (Å²) >= 11 is 0. The van der Waals surface area contributed by atoms with Gasteiger partial charge in [0.2, 0.25) is 10.0 Å². The van der Waals surface area contributed by atoms with Crippen molar-refractivity contribution in [1.82, 2.24) is 14.2 Å². The Morgan fingerprint density at radius 3 is 2.84 bits per heavy atom. The number of nitrogen functional groups attached to an aromatic ring is 1. The van der Waals surface area contributed by atoms with Gasteiger partial charge in [0.15, 0.2) is 0 Å². The molecule has 1 aromatic heterocycles. The normalized spacial score (nSPS) is 22.4. The standard InChI is InChI=1S/C11H19N5O2S/c1-9-8-15(2)5-6-16(9)19(17,18)10-3-4-13-11(7-10)14-12/h3-4,7,9H,5-6,8,12H2,1-2H3,(H,13,14). The summed E-state index contributed by atoms with van der Waals surface area (Å²) in [4.78, 5) is 6.26. The lowest BCUT2D eigenvalue weighted by atomic mass is 10.2. The first-order valence-electron chi connectivity index (χ1n) is 6.08. The van der Waals surface area contributed by atoms with Crippen molar-refractivity contribution in [2.24, 2.45) is 5.84 Å².